The van der Waals surface area contributed by atoms with Crippen molar-refractivity contribution < 1.29 is 8.78 Å². The normalized spacial score (nSPS) is 9.47. The monoisotopic (exact) mass is 383 g/mol. The fraction of sp³-hybridized carbons (Fsp3) is 0.462. The van der Waals surface area contributed by atoms with Crippen LogP contribution in [0.4, 0.5) is 8.78 Å². The Labute approximate surface area is 129 Å². The maximum atomic E-state index is 13.3. The second kappa shape index (κ2) is 9.94. The van der Waals surface area contributed by atoms with Crippen molar-refractivity contribution in [3.05, 3.63) is 35.4 Å². The Morgan fingerprint density at radius 2 is 1.79 bits per heavy atom. The van der Waals surface area contributed by atoms with Crippen molar-refractivity contribution in [1.82, 2.24) is 10.6 Å². The van der Waals surface area contributed by atoms with Crippen LogP contribution in [0.1, 0.15) is 19.4 Å². The molecule has 0 aliphatic carbocycles. The Morgan fingerprint density at radius 1 is 1.16 bits per heavy atom. The van der Waals surface area contributed by atoms with Gasteiger partial charge in [0, 0.05) is 19.6 Å². The Balaban J connectivity index is 0.00000324. The minimum atomic E-state index is -0.422. The van der Waals surface area contributed by atoms with Gasteiger partial charge in [-0.15, -0.1) is 24.0 Å². The number of rotatable bonds is 5. The Bertz CT molecular complexity index is 403. The molecular weight excluding hydrogens is 363 g/mol. The summed E-state index contributed by atoms with van der Waals surface area (Å²) in [6.45, 7) is 5.88. The van der Waals surface area contributed by atoms with Crippen LogP contribution in [0.5, 0.6) is 0 Å². The summed E-state index contributed by atoms with van der Waals surface area (Å²) in [5.41, 5.74) is 0.353. The van der Waals surface area contributed by atoms with E-state index < -0.39 is 5.82 Å². The molecule has 0 unspecified atom stereocenters. The first-order valence-corrected chi connectivity index (χ1v) is 6.13. The number of hydrogen-bond donors (Lipinski definition) is 2. The van der Waals surface area contributed by atoms with E-state index in [0.29, 0.717) is 24.5 Å². The minimum Gasteiger partial charge on any atom is -0.357 e. The van der Waals surface area contributed by atoms with Crippen LogP contribution in [0.3, 0.4) is 0 Å². The van der Waals surface area contributed by atoms with Gasteiger partial charge in [0.2, 0.25) is 0 Å². The van der Waals surface area contributed by atoms with Gasteiger partial charge in [0.15, 0.2) is 5.96 Å². The first kappa shape index (κ1) is 18.1. The largest absolute Gasteiger partial charge is 0.357 e. The van der Waals surface area contributed by atoms with Crippen LogP contribution in [-0.2, 0) is 6.42 Å². The van der Waals surface area contributed by atoms with Gasteiger partial charge in [0.05, 0.1) is 0 Å². The molecule has 19 heavy (non-hydrogen) atoms. The van der Waals surface area contributed by atoms with Gasteiger partial charge in [0.25, 0.3) is 0 Å². The van der Waals surface area contributed by atoms with Crippen molar-refractivity contribution in [1.29, 1.82) is 0 Å². The molecule has 0 amide bonds. The van der Waals surface area contributed by atoms with Crippen molar-refractivity contribution in [2.24, 2.45) is 4.99 Å². The van der Waals surface area contributed by atoms with E-state index in [9.17, 15) is 8.78 Å². The van der Waals surface area contributed by atoms with E-state index >= 15 is 0 Å². The second-order valence-corrected chi connectivity index (χ2v) is 3.78. The fourth-order valence-electron chi connectivity index (χ4n) is 1.53. The lowest BCUT2D eigenvalue weighted by Crippen LogP contribution is -2.37. The van der Waals surface area contributed by atoms with Gasteiger partial charge in [-0.2, -0.15) is 0 Å². The molecule has 1 rings (SSSR count). The molecule has 0 saturated heterocycles. The van der Waals surface area contributed by atoms with Crippen LogP contribution in [-0.4, -0.2) is 25.6 Å². The molecular formula is C13H20F2IN3. The lowest BCUT2D eigenvalue weighted by Gasteiger charge is -2.09. The van der Waals surface area contributed by atoms with Crippen molar-refractivity contribution in [3.8, 4) is 0 Å². The number of nitrogens with zero attached hydrogens (tertiary/aromatic N) is 1. The summed E-state index contributed by atoms with van der Waals surface area (Å²) in [6, 6.07) is 3.47. The molecule has 0 atom stereocenters. The lowest BCUT2D eigenvalue weighted by atomic mass is 10.1. The Morgan fingerprint density at radius 3 is 2.37 bits per heavy atom. The molecule has 0 saturated carbocycles. The summed E-state index contributed by atoms with van der Waals surface area (Å²) >= 11 is 0. The van der Waals surface area contributed by atoms with E-state index in [1.54, 1.807) is 0 Å². The van der Waals surface area contributed by atoms with Crippen molar-refractivity contribution in [3.63, 3.8) is 0 Å². The fourth-order valence-corrected chi connectivity index (χ4v) is 1.53. The highest BCUT2D eigenvalue weighted by atomic mass is 127. The van der Waals surface area contributed by atoms with E-state index in [1.165, 1.54) is 6.07 Å². The quantitative estimate of drug-likeness (QED) is 0.466. The zero-order chi connectivity index (χ0) is 13.4. The molecule has 0 aromatic heterocycles. The van der Waals surface area contributed by atoms with Gasteiger partial charge in [-0.3, -0.25) is 4.99 Å². The Kier molecular flexibility index (Phi) is 9.46. The summed E-state index contributed by atoms with van der Waals surface area (Å²) in [7, 11) is 0. The van der Waals surface area contributed by atoms with Crippen LogP contribution < -0.4 is 10.6 Å². The number of guanidine groups is 1. The number of benzene rings is 1. The van der Waals surface area contributed by atoms with E-state index in [2.05, 4.69) is 15.6 Å². The van der Waals surface area contributed by atoms with E-state index in [1.807, 2.05) is 13.8 Å². The standard InChI is InChI=1S/C13H19F2N3.HI/c1-3-16-13(17-4-2)18-8-7-10-9-11(14)5-6-12(10)15;/h5-6,9H,3-4,7-8H2,1-2H3,(H2,16,17,18);1H. The third-order valence-electron chi connectivity index (χ3n) is 2.35. The number of nitrogens with one attached hydrogen (secondary N) is 2. The molecule has 0 heterocycles. The second-order valence-electron chi connectivity index (χ2n) is 3.78. The average Bonchev–Trinajstić information content (AvgIpc) is 2.34. The lowest BCUT2D eigenvalue weighted by molar-refractivity contribution is 0.585. The first-order valence-electron chi connectivity index (χ1n) is 6.13. The van der Waals surface area contributed by atoms with Crippen LogP contribution in [0.25, 0.3) is 0 Å². The molecule has 0 spiro atoms. The van der Waals surface area contributed by atoms with E-state index in [-0.39, 0.29) is 29.8 Å². The van der Waals surface area contributed by atoms with Crippen molar-refractivity contribution >= 4 is 29.9 Å². The molecule has 2 N–H and O–H groups in total. The topological polar surface area (TPSA) is 36.4 Å². The minimum absolute atomic E-state index is 0. The smallest absolute Gasteiger partial charge is 0.191 e. The zero-order valence-electron chi connectivity index (χ0n) is 11.2. The summed E-state index contributed by atoms with van der Waals surface area (Å²) in [5.74, 6) is -0.120. The van der Waals surface area contributed by atoms with Gasteiger partial charge in [-0.25, -0.2) is 8.78 Å². The SMILES string of the molecule is CCNC(=NCCc1cc(F)ccc1F)NCC.I. The maximum Gasteiger partial charge on any atom is 0.191 e. The summed E-state index contributed by atoms with van der Waals surface area (Å²) < 4.78 is 26.3. The summed E-state index contributed by atoms with van der Waals surface area (Å²) in [5, 5.41) is 6.13. The predicted molar refractivity (Wildman–Crippen MR) is 85.1 cm³/mol. The average molecular weight is 383 g/mol. The van der Waals surface area contributed by atoms with Crippen LogP contribution in [0.2, 0.25) is 0 Å². The van der Waals surface area contributed by atoms with Gasteiger partial charge < -0.3 is 10.6 Å². The van der Waals surface area contributed by atoms with Gasteiger partial charge in [0.1, 0.15) is 11.6 Å². The molecule has 0 bridgehead atoms. The van der Waals surface area contributed by atoms with Gasteiger partial charge >= 0.3 is 0 Å². The van der Waals surface area contributed by atoms with Crippen LogP contribution >= 0.6 is 24.0 Å². The summed E-state index contributed by atoms with van der Waals surface area (Å²) in [4.78, 5) is 4.27. The number of aliphatic imine (C=N–C) groups is 1. The van der Waals surface area contributed by atoms with Crippen molar-refractivity contribution in [2.45, 2.75) is 20.3 Å². The Hall–Kier alpha value is -0.920. The van der Waals surface area contributed by atoms with Gasteiger partial charge in [-0.05, 0) is 44.0 Å². The van der Waals surface area contributed by atoms with E-state index in [0.717, 1.165) is 25.2 Å². The first-order chi connectivity index (χ1) is 8.67. The third-order valence-corrected chi connectivity index (χ3v) is 2.35. The highest BCUT2D eigenvalue weighted by Gasteiger charge is 2.03. The molecule has 0 fully saturated rings. The highest BCUT2D eigenvalue weighted by Crippen LogP contribution is 2.10. The van der Waals surface area contributed by atoms with Gasteiger partial charge in [-0.1, -0.05) is 0 Å². The van der Waals surface area contributed by atoms with Crippen LogP contribution in [0.15, 0.2) is 23.2 Å². The maximum absolute atomic E-state index is 13.3. The molecule has 6 heteroatoms. The predicted octanol–water partition coefficient (Wildman–Crippen LogP) is 2.70. The molecule has 3 nitrogen and oxygen atoms in total. The third kappa shape index (κ3) is 6.70. The molecule has 0 radical (unpaired) electrons. The molecule has 1 aromatic carbocycles. The van der Waals surface area contributed by atoms with Crippen LogP contribution in [0, 0.1) is 11.6 Å². The van der Waals surface area contributed by atoms with Crippen molar-refractivity contribution in [2.75, 3.05) is 19.6 Å². The summed E-state index contributed by atoms with van der Waals surface area (Å²) in [6.07, 6.45) is 0.379. The molecule has 1 aromatic rings. The molecule has 0 aliphatic rings. The molecule has 108 valence electrons. The number of halogens is 3. The van der Waals surface area contributed by atoms with E-state index in [4.69, 9.17) is 0 Å². The highest BCUT2D eigenvalue weighted by molar-refractivity contribution is 14.0. The molecule has 0 aliphatic heterocycles. The number of hydrogen-bond acceptors (Lipinski definition) is 1. The zero-order valence-corrected chi connectivity index (χ0v) is 13.5.